The van der Waals surface area contributed by atoms with Crippen LogP contribution in [0.5, 0.6) is 0 Å². The van der Waals surface area contributed by atoms with E-state index in [1.165, 1.54) is 0 Å². The molecule has 0 spiro atoms. The second-order valence-electron chi connectivity index (χ2n) is 5.91. The van der Waals surface area contributed by atoms with E-state index in [-0.39, 0.29) is 17.4 Å². The molecule has 0 bridgehead atoms. The second-order valence-corrected chi connectivity index (χ2v) is 5.91. The van der Waals surface area contributed by atoms with Crippen LogP contribution in [0.4, 0.5) is 0 Å². The molecule has 0 aromatic heterocycles. The van der Waals surface area contributed by atoms with Gasteiger partial charge < -0.3 is 20.1 Å². The first-order valence-electron chi connectivity index (χ1n) is 6.96. The van der Waals surface area contributed by atoms with Gasteiger partial charge in [-0.1, -0.05) is 13.8 Å². The fourth-order valence-corrected chi connectivity index (χ4v) is 2.69. The third-order valence-electron chi connectivity index (χ3n) is 4.40. The normalized spacial score (nSPS) is 28.8. The molecule has 1 saturated carbocycles. The number of carbonyl (C=O) groups is 1. The zero-order chi connectivity index (χ0) is 14.7. The van der Waals surface area contributed by atoms with Crippen molar-refractivity contribution in [2.45, 2.75) is 45.3 Å². The molecule has 1 aliphatic rings. The van der Waals surface area contributed by atoms with Crippen LogP contribution in [-0.2, 0) is 14.3 Å². The number of nitrogens with zero attached hydrogens (tertiary/aromatic N) is 1. The van der Waals surface area contributed by atoms with E-state index in [2.05, 4.69) is 0 Å². The molecule has 2 N–H and O–H groups in total. The van der Waals surface area contributed by atoms with Crippen LogP contribution in [0, 0.1) is 5.41 Å². The van der Waals surface area contributed by atoms with Crippen molar-refractivity contribution in [3.63, 3.8) is 0 Å². The third-order valence-corrected chi connectivity index (χ3v) is 4.40. The van der Waals surface area contributed by atoms with Crippen LogP contribution in [0.1, 0.15) is 33.6 Å². The van der Waals surface area contributed by atoms with Gasteiger partial charge in [0.25, 0.3) is 0 Å². The number of nitrogens with two attached hydrogens (primary N) is 1. The third kappa shape index (κ3) is 2.93. The lowest BCUT2D eigenvalue weighted by molar-refractivity contribution is -0.178. The van der Waals surface area contributed by atoms with E-state index in [0.717, 1.165) is 6.42 Å². The topological polar surface area (TPSA) is 64.8 Å². The van der Waals surface area contributed by atoms with Crippen molar-refractivity contribution in [2.24, 2.45) is 11.1 Å². The number of likely N-dealkylation sites (N-methyl/N-ethyl adjacent to an activating group) is 1. The van der Waals surface area contributed by atoms with Gasteiger partial charge in [-0.05, 0) is 13.3 Å². The van der Waals surface area contributed by atoms with Gasteiger partial charge in [-0.2, -0.15) is 0 Å². The number of amides is 1. The van der Waals surface area contributed by atoms with E-state index in [1.807, 2.05) is 20.8 Å². The number of methoxy groups -OCH3 is 1. The van der Waals surface area contributed by atoms with E-state index in [1.54, 1.807) is 19.1 Å². The fraction of sp³-hybridized carbons (Fsp3) is 0.929. The zero-order valence-corrected chi connectivity index (χ0v) is 12.9. The van der Waals surface area contributed by atoms with Crippen molar-refractivity contribution in [2.75, 3.05) is 33.9 Å². The van der Waals surface area contributed by atoms with Gasteiger partial charge >= 0.3 is 0 Å². The largest absolute Gasteiger partial charge is 0.385 e. The lowest BCUT2D eigenvalue weighted by atomic mass is 9.54. The molecule has 5 heteroatoms. The lowest BCUT2D eigenvalue weighted by Crippen LogP contribution is -2.75. The Morgan fingerprint density at radius 2 is 2.11 bits per heavy atom. The maximum absolute atomic E-state index is 12.5. The molecule has 19 heavy (non-hydrogen) atoms. The Morgan fingerprint density at radius 1 is 1.47 bits per heavy atom. The van der Waals surface area contributed by atoms with Gasteiger partial charge in [-0.15, -0.1) is 0 Å². The van der Waals surface area contributed by atoms with Gasteiger partial charge in [0.15, 0.2) is 0 Å². The van der Waals surface area contributed by atoms with Crippen molar-refractivity contribution >= 4 is 5.91 Å². The minimum absolute atomic E-state index is 0.00422. The van der Waals surface area contributed by atoms with Crippen molar-refractivity contribution < 1.29 is 14.3 Å². The van der Waals surface area contributed by atoms with E-state index >= 15 is 0 Å². The molecule has 2 unspecified atom stereocenters. The summed E-state index contributed by atoms with van der Waals surface area (Å²) in [5, 5.41) is 0. The van der Waals surface area contributed by atoms with Crippen LogP contribution in [0.2, 0.25) is 0 Å². The quantitative estimate of drug-likeness (QED) is 0.703. The Hall–Kier alpha value is -0.650. The van der Waals surface area contributed by atoms with E-state index < -0.39 is 5.54 Å². The van der Waals surface area contributed by atoms with Crippen molar-refractivity contribution in [3.05, 3.63) is 0 Å². The molecule has 0 aromatic rings. The van der Waals surface area contributed by atoms with Gasteiger partial charge in [-0.3, -0.25) is 4.79 Å². The summed E-state index contributed by atoms with van der Waals surface area (Å²) in [5.41, 5.74) is 5.21. The molecule has 0 radical (unpaired) electrons. The standard InChI is InChI=1S/C14H28N2O3/c1-6-19-11-10-14(15,13(11,2)3)12(17)16(4)8-7-9-18-5/h11H,6-10,15H2,1-5H3. The smallest absolute Gasteiger partial charge is 0.243 e. The zero-order valence-electron chi connectivity index (χ0n) is 12.9. The maximum atomic E-state index is 12.5. The summed E-state index contributed by atoms with van der Waals surface area (Å²) in [7, 11) is 3.46. The minimum atomic E-state index is -0.811. The fourth-order valence-electron chi connectivity index (χ4n) is 2.69. The highest BCUT2D eigenvalue weighted by molar-refractivity contribution is 5.88. The van der Waals surface area contributed by atoms with Gasteiger partial charge in [0, 0.05) is 45.8 Å². The van der Waals surface area contributed by atoms with Gasteiger partial charge in [0.1, 0.15) is 5.54 Å². The van der Waals surface area contributed by atoms with Crippen molar-refractivity contribution in [1.82, 2.24) is 4.90 Å². The molecule has 5 nitrogen and oxygen atoms in total. The predicted octanol–water partition coefficient (Wildman–Crippen LogP) is 1.01. The second kappa shape index (κ2) is 6.20. The Morgan fingerprint density at radius 3 is 2.58 bits per heavy atom. The highest BCUT2D eigenvalue weighted by Crippen LogP contribution is 2.50. The molecule has 0 heterocycles. The molecular formula is C14H28N2O3. The molecule has 0 aromatic carbocycles. The predicted molar refractivity (Wildman–Crippen MR) is 74.9 cm³/mol. The summed E-state index contributed by atoms with van der Waals surface area (Å²) < 4.78 is 10.6. The summed E-state index contributed by atoms with van der Waals surface area (Å²) in [6.07, 6.45) is 1.49. The summed E-state index contributed by atoms with van der Waals surface area (Å²) in [4.78, 5) is 14.2. The average Bonchev–Trinajstić information content (AvgIpc) is 2.37. The minimum Gasteiger partial charge on any atom is -0.385 e. The first-order chi connectivity index (χ1) is 8.81. The molecule has 0 aliphatic heterocycles. The van der Waals surface area contributed by atoms with Crippen LogP contribution >= 0.6 is 0 Å². The first kappa shape index (κ1) is 16.4. The van der Waals surface area contributed by atoms with Crippen LogP contribution in [0.25, 0.3) is 0 Å². The van der Waals surface area contributed by atoms with Gasteiger partial charge in [0.05, 0.1) is 6.10 Å². The van der Waals surface area contributed by atoms with E-state index in [4.69, 9.17) is 15.2 Å². The average molecular weight is 272 g/mol. The van der Waals surface area contributed by atoms with Crippen molar-refractivity contribution in [3.8, 4) is 0 Å². The first-order valence-corrected chi connectivity index (χ1v) is 6.96. The Balaban J connectivity index is 2.61. The monoisotopic (exact) mass is 272 g/mol. The van der Waals surface area contributed by atoms with Crippen LogP contribution in [-0.4, -0.2) is 56.4 Å². The summed E-state index contributed by atoms with van der Waals surface area (Å²) in [6.45, 7) is 7.96. The highest BCUT2D eigenvalue weighted by atomic mass is 16.5. The number of hydrogen-bond acceptors (Lipinski definition) is 4. The lowest BCUT2D eigenvalue weighted by Gasteiger charge is -2.58. The molecule has 1 rings (SSSR count). The van der Waals surface area contributed by atoms with Gasteiger partial charge in [-0.25, -0.2) is 0 Å². The number of hydrogen-bond donors (Lipinski definition) is 1. The summed E-state index contributed by atoms with van der Waals surface area (Å²) in [6, 6.07) is 0. The molecular weight excluding hydrogens is 244 g/mol. The van der Waals surface area contributed by atoms with E-state index in [9.17, 15) is 4.79 Å². The van der Waals surface area contributed by atoms with E-state index in [0.29, 0.717) is 26.2 Å². The molecule has 1 fully saturated rings. The molecule has 0 saturated heterocycles. The Labute approximate surface area is 116 Å². The maximum Gasteiger partial charge on any atom is 0.243 e. The highest BCUT2D eigenvalue weighted by Gasteiger charge is 2.63. The summed E-state index contributed by atoms with van der Waals surface area (Å²) >= 11 is 0. The SMILES string of the molecule is CCOC1CC(N)(C(=O)N(C)CCCOC)C1(C)C. The van der Waals surface area contributed by atoms with Crippen molar-refractivity contribution in [1.29, 1.82) is 0 Å². The number of carbonyl (C=O) groups excluding carboxylic acids is 1. The van der Waals surface area contributed by atoms with Crippen LogP contribution in [0.15, 0.2) is 0 Å². The van der Waals surface area contributed by atoms with Gasteiger partial charge in [0.2, 0.25) is 5.91 Å². The van der Waals surface area contributed by atoms with Crippen LogP contribution in [0.3, 0.4) is 0 Å². The molecule has 1 amide bonds. The summed E-state index contributed by atoms with van der Waals surface area (Å²) in [5.74, 6) is 0.00422. The Kier molecular flexibility index (Phi) is 5.35. The number of ether oxygens (including phenoxy) is 2. The van der Waals surface area contributed by atoms with Crippen LogP contribution < -0.4 is 5.73 Å². The molecule has 2 atom stereocenters. The molecule has 1 aliphatic carbocycles. The number of rotatable bonds is 7. The molecule has 112 valence electrons. The Bertz CT molecular complexity index is 320.